The quantitative estimate of drug-likeness (QED) is 0.756. The summed E-state index contributed by atoms with van der Waals surface area (Å²) >= 11 is 0. The van der Waals surface area contributed by atoms with Gasteiger partial charge in [0.15, 0.2) is 5.82 Å². The van der Waals surface area contributed by atoms with Gasteiger partial charge in [-0.3, -0.25) is 9.89 Å². The van der Waals surface area contributed by atoms with Gasteiger partial charge in [0.1, 0.15) is 5.82 Å². The summed E-state index contributed by atoms with van der Waals surface area (Å²) in [5, 5.41) is 9.92. The lowest BCUT2D eigenvalue weighted by atomic mass is 10.2. The maximum atomic E-state index is 11.8. The van der Waals surface area contributed by atoms with E-state index in [-0.39, 0.29) is 5.91 Å². The Kier molecular flexibility index (Phi) is 5.09. The van der Waals surface area contributed by atoms with Crippen LogP contribution < -0.4 is 5.32 Å². The van der Waals surface area contributed by atoms with Crippen LogP contribution in [-0.4, -0.2) is 45.6 Å². The van der Waals surface area contributed by atoms with Crippen molar-refractivity contribution in [2.45, 2.75) is 39.8 Å². The highest BCUT2D eigenvalue weighted by Crippen LogP contribution is 1.97. The van der Waals surface area contributed by atoms with Crippen molar-refractivity contribution in [1.82, 2.24) is 25.4 Å². The van der Waals surface area contributed by atoms with Crippen LogP contribution >= 0.6 is 0 Å². The van der Waals surface area contributed by atoms with Gasteiger partial charge in [0.25, 0.3) is 0 Å². The van der Waals surface area contributed by atoms with Crippen LogP contribution in [0.25, 0.3) is 0 Å². The molecule has 1 amide bonds. The number of carbonyl (C=O) groups is 1. The number of aromatic amines is 1. The number of rotatable bonds is 6. The predicted molar refractivity (Wildman–Crippen MR) is 65.3 cm³/mol. The molecule has 0 spiro atoms. The van der Waals surface area contributed by atoms with Crippen molar-refractivity contribution < 1.29 is 4.79 Å². The third kappa shape index (κ3) is 4.52. The maximum Gasteiger partial charge on any atom is 0.236 e. The van der Waals surface area contributed by atoms with Gasteiger partial charge in [-0.05, 0) is 20.3 Å². The highest BCUT2D eigenvalue weighted by atomic mass is 16.2. The van der Waals surface area contributed by atoms with Gasteiger partial charge in [0, 0.05) is 13.1 Å². The molecule has 17 heavy (non-hydrogen) atoms. The van der Waals surface area contributed by atoms with Gasteiger partial charge < -0.3 is 10.2 Å². The van der Waals surface area contributed by atoms with E-state index in [0.29, 0.717) is 25.0 Å². The Bertz CT molecular complexity index is 362. The first-order chi connectivity index (χ1) is 8.02. The molecule has 0 aliphatic carbocycles. The summed E-state index contributed by atoms with van der Waals surface area (Å²) in [6.07, 6.45) is 1.01. The van der Waals surface area contributed by atoms with Crippen molar-refractivity contribution in [2.24, 2.45) is 0 Å². The Morgan fingerprint density at radius 3 is 2.82 bits per heavy atom. The summed E-state index contributed by atoms with van der Waals surface area (Å²) in [5.41, 5.74) is 0. The largest absolute Gasteiger partial charge is 0.337 e. The molecule has 1 rings (SSSR count). The molecular weight excluding hydrogens is 218 g/mol. The molecule has 1 heterocycles. The Labute approximate surface area is 102 Å². The Balaban J connectivity index is 2.36. The van der Waals surface area contributed by atoms with E-state index in [1.54, 1.807) is 11.9 Å². The molecule has 6 nitrogen and oxygen atoms in total. The van der Waals surface area contributed by atoms with Gasteiger partial charge in [-0.2, -0.15) is 5.10 Å². The molecule has 0 saturated heterocycles. The van der Waals surface area contributed by atoms with Crippen LogP contribution in [0.3, 0.4) is 0 Å². The van der Waals surface area contributed by atoms with E-state index in [9.17, 15) is 4.79 Å². The molecule has 1 unspecified atom stereocenters. The number of hydrogen-bond acceptors (Lipinski definition) is 4. The minimum Gasteiger partial charge on any atom is -0.337 e. The number of nitrogens with zero attached hydrogens (tertiary/aromatic N) is 3. The van der Waals surface area contributed by atoms with Gasteiger partial charge in [-0.15, -0.1) is 0 Å². The monoisotopic (exact) mass is 239 g/mol. The summed E-state index contributed by atoms with van der Waals surface area (Å²) < 4.78 is 0. The molecule has 1 aromatic rings. The summed E-state index contributed by atoms with van der Waals surface area (Å²) in [5.74, 6) is 1.45. The molecule has 6 heteroatoms. The highest BCUT2D eigenvalue weighted by Gasteiger charge is 2.12. The fourth-order valence-corrected chi connectivity index (χ4v) is 1.30. The zero-order chi connectivity index (χ0) is 12.8. The van der Waals surface area contributed by atoms with Gasteiger partial charge in [0.2, 0.25) is 5.91 Å². The van der Waals surface area contributed by atoms with Crippen molar-refractivity contribution >= 4 is 5.91 Å². The van der Waals surface area contributed by atoms with Crippen molar-refractivity contribution in [3.63, 3.8) is 0 Å². The number of H-pyrrole nitrogens is 1. The van der Waals surface area contributed by atoms with E-state index in [2.05, 4.69) is 34.3 Å². The lowest BCUT2D eigenvalue weighted by molar-refractivity contribution is -0.129. The molecule has 2 N–H and O–H groups in total. The topological polar surface area (TPSA) is 73.9 Å². The van der Waals surface area contributed by atoms with E-state index in [0.717, 1.165) is 12.2 Å². The lowest BCUT2D eigenvalue weighted by Gasteiger charge is -2.17. The van der Waals surface area contributed by atoms with Crippen molar-refractivity contribution in [1.29, 1.82) is 0 Å². The van der Waals surface area contributed by atoms with Crippen LogP contribution in [0.15, 0.2) is 0 Å². The molecule has 0 aliphatic rings. The number of nitrogens with one attached hydrogen (secondary N) is 2. The first kappa shape index (κ1) is 13.6. The average molecular weight is 239 g/mol. The van der Waals surface area contributed by atoms with Crippen LogP contribution in [0.5, 0.6) is 0 Å². The van der Waals surface area contributed by atoms with Gasteiger partial charge in [-0.1, -0.05) is 6.92 Å². The Hall–Kier alpha value is -1.43. The second-order valence-electron chi connectivity index (χ2n) is 4.28. The van der Waals surface area contributed by atoms with Crippen molar-refractivity contribution in [2.75, 3.05) is 13.6 Å². The third-order valence-electron chi connectivity index (χ3n) is 2.66. The number of likely N-dealkylation sites (N-methyl/N-ethyl adjacent to an activating group) is 1. The van der Waals surface area contributed by atoms with Gasteiger partial charge in [-0.25, -0.2) is 4.98 Å². The Morgan fingerprint density at radius 1 is 1.59 bits per heavy atom. The maximum absolute atomic E-state index is 11.8. The lowest BCUT2D eigenvalue weighted by Crippen LogP contribution is -2.38. The molecular formula is C11H21N5O. The number of amides is 1. The van der Waals surface area contributed by atoms with E-state index in [1.807, 2.05) is 6.92 Å². The number of aryl methyl sites for hydroxylation is 1. The molecule has 0 bridgehead atoms. The number of aromatic nitrogens is 3. The van der Waals surface area contributed by atoms with Crippen LogP contribution in [0.1, 0.15) is 31.9 Å². The highest BCUT2D eigenvalue weighted by molar-refractivity contribution is 5.77. The molecule has 0 aromatic carbocycles. The molecule has 0 aliphatic heterocycles. The summed E-state index contributed by atoms with van der Waals surface area (Å²) in [6, 6.07) is 0.359. The van der Waals surface area contributed by atoms with Crippen molar-refractivity contribution in [3.05, 3.63) is 11.6 Å². The normalized spacial score (nSPS) is 12.5. The van der Waals surface area contributed by atoms with Crippen LogP contribution in [0.4, 0.5) is 0 Å². The van der Waals surface area contributed by atoms with Crippen LogP contribution in [-0.2, 0) is 11.3 Å². The SMILES string of the molecule is CCC(C)NCC(=O)N(C)Cc1n[nH]c(C)n1. The summed E-state index contributed by atoms with van der Waals surface area (Å²) in [4.78, 5) is 17.6. The minimum absolute atomic E-state index is 0.0488. The number of carbonyl (C=O) groups excluding carboxylic acids is 1. The number of hydrogen-bond donors (Lipinski definition) is 2. The van der Waals surface area contributed by atoms with E-state index in [1.165, 1.54) is 0 Å². The zero-order valence-electron chi connectivity index (χ0n) is 10.9. The van der Waals surface area contributed by atoms with E-state index >= 15 is 0 Å². The first-order valence-electron chi connectivity index (χ1n) is 5.88. The molecule has 0 fully saturated rings. The molecule has 0 saturated carbocycles. The standard InChI is InChI=1S/C11H21N5O/c1-5-8(2)12-6-11(17)16(4)7-10-13-9(3)14-15-10/h8,12H,5-7H2,1-4H3,(H,13,14,15). The van der Waals surface area contributed by atoms with E-state index in [4.69, 9.17) is 0 Å². The third-order valence-corrected chi connectivity index (χ3v) is 2.66. The Morgan fingerprint density at radius 2 is 2.29 bits per heavy atom. The summed E-state index contributed by atoms with van der Waals surface area (Å²) in [6.45, 7) is 6.78. The first-order valence-corrected chi connectivity index (χ1v) is 5.88. The average Bonchev–Trinajstić information content (AvgIpc) is 2.70. The van der Waals surface area contributed by atoms with Crippen molar-refractivity contribution in [3.8, 4) is 0 Å². The molecule has 1 aromatic heterocycles. The fourth-order valence-electron chi connectivity index (χ4n) is 1.30. The van der Waals surface area contributed by atoms with Gasteiger partial charge in [0.05, 0.1) is 13.1 Å². The molecule has 1 atom stereocenters. The molecule has 0 radical (unpaired) electrons. The van der Waals surface area contributed by atoms with E-state index < -0.39 is 0 Å². The minimum atomic E-state index is 0.0488. The fraction of sp³-hybridized carbons (Fsp3) is 0.727. The van der Waals surface area contributed by atoms with Crippen LogP contribution in [0.2, 0.25) is 0 Å². The second-order valence-corrected chi connectivity index (χ2v) is 4.28. The summed E-state index contributed by atoms with van der Waals surface area (Å²) in [7, 11) is 1.76. The zero-order valence-corrected chi connectivity index (χ0v) is 10.9. The smallest absolute Gasteiger partial charge is 0.236 e. The van der Waals surface area contributed by atoms with Crippen LogP contribution in [0, 0.1) is 6.92 Å². The molecule has 96 valence electrons. The van der Waals surface area contributed by atoms with Gasteiger partial charge >= 0.3 is 0 Å². The second kappa shape index (κ2) is 6.34. The predicted octanol–water partition coefficient (Wildman–Crippen LogP) is 0.460.